The number of nitrogens with one attached hydrogen (secondary N) is 1. The number of halogens is 1. The third kappa shape index (κ3) is 4.68. The average molecular weight is 572 g/mol. The Balaban J connectivity index is 1.29. The van der Waals surface area contributed by atoms with Crippen molar-refractivity contribution in [1.82, 2.24) is 9.88 Å². The summed E-state index contributed by atoms with van der Waals surface area (Å²) in [5.74, 6) is -0.176. The van der Waals surface area contributed by atoms with Crippen molar-refractivity contribution in [2.24, 2.45) is 0 Å². The number of sulfonamides is 1. The molecule has 2 heterocycles. The number of nitrogens with zero attached hydrogens (tertiary/aromatic N) is 2. The van der Waals surface area contributed by atoms with Crippen LogP contribution in [0.3, 0.4) is 0 Å². The maximum absolute atomic E-state index is 13.7. The van der Waals surface area contributed by atoms with Crippen LogP contribution in [0.5, 0.6) is 0 Å². The summed E-state index contributed by atoms with van der Waals surface area (Å²) in [5, 5.41) is 13.7. The van der Waals surface area contributed by atoms with Gasteiger partial charge in [-0.2, -0.15) is 0 Å². The van der Waals surface area contributed by atoms with Crippen molar-refractivity contribution >= 4 is 54.9 Å². The van der Waals surface area contributed by atoms with Gasteiger partial charge < -0.3 is 10.0 Å². The van der Waals surface area contributed by atoms with Gasteiger partial charge in [-0.05, 0) is 48.6 Å². The molecule has 0 aliphatic carbocycles. The summed E-state index contributed by atoms with van der Waals surface area (Å²) >= 11 is 6.34. The molecule has 0 unspecified atom stereocenters. The highest BCUT2D eigenvalue weighted by Crippen LogP contribution is 2.38. The second kappa shape index (κ2) is 10.2. The van der Waals surface area contributed by atoms with Gasteiger partial charge in [0.15, 0.2) is 0 Å². The van der Waals surface area contributed by atoms with Crippen LogP contribution >= 0.6 is 11.6 Å². The SMILES string of the molecule is O=C(c1ccc(NS(=O)(=O)c2cccc3cccnc23)c2ccccc12)N1CCC(O)(c2ccccc2Cl)CC1. The van der Waals surface area contributed by atoms with Crippen molar-refractivity contribution in [1.29, 1.82) is 0 Å². The Bertz CT molecular complexity index is 1860. The molecule has 0 bridgehead atoms. The van der Waals surface area contributed by atoms with Gasteiger partial charge in [0.25, 0.3) is 15.9 Å². The van der Waals surface area contributed by atoms with Crippen LogP contribution in [-0.2, 0) is 15.6 Å². The normalized spacial score (nSPS) is 15.3. The van der Waals surface area contributed by atoms with E-state index in [4.69, 9.17) is 11.6 Å². The Hall–Kier alpha value is -3.98. The van der Waals surface area contributed by atoms with Crippen molar-refractivity contribution in [2.45, 2.75) is 23.3 Å². The predicted molar refractivity (Wildman–Crippen MR) is 157 cm³/mol. The van der Waals surface area contributed by atoms with Gasteiger partial charge in [-0.15, -0.1) is 0 Å². The highest BCUT2D eigenvalue weighted by atomic mass is 35.5. The summed E-state index contributed by atoms with van der Waals surface area (Å²) in [6.45, 7) is 0.717. The summed E-state index contributed by atoms with van der Waals surface area (Å²) in [6, 6.07) is 26.3. The number of anilines is 1. The van der Waals surface area contributed by atoms with Gasteiger partial charge in [0.1, 0.15) is 4.90 Å². The summed E-state index contributed by atoms with van der Waals surface area (Å²) in [5.41, 5.74) is 0.790. The molecule has 0 saturated carbocycles. The lowest BCUT2D eigenvalue weighted by Gasteiger charge is -2.39. The number of amides is 1. The summed E-state index contributed by atoms with van der Waals surface area (Å²) in [4.78, 5) is 19.7. The zero-order valence-corrected chi connectivity index (χ0v) is 23.0. The first-order chi connectivity index (χ1) is 19.3. The minimum absolute atomic E-state index is 0.0779. The number of aliphatic hydroxyl groups is 1. The summed E-state index contributed by atoms with van der Waals surface area (Å²) < 4.78 is 29.6. The average Bonchev–Trinajstić information content (AvgIpc) is 2.97. The van der Waals surface area contributed by atoms with E-state index in [1.54, 1.807) is 53.6 Å². The molecule has 1 aliphatic rings. The maximum Gasteiger partial charge on any atom is 0.264 e. The lowest BCUT2D eigenvalue weighted by atomic mass is 9.84. The fraction of sp³-hybridized carbons (Fsp3) is 0.161. The molecule has 1 saturated heterocycles. The van der Waals surface area contributed by atoms with E-state index >= 15 is 0 Å². The molecule has 9 heteroatoms. The number of pyridine rings is 1. The highest BCUT2D eigenvalue weighted by Gasteiger charge is 2.37. The minimum atomic E-state index is -3.97. The molecule has 1 aliphatic heterocycles. The van der Waals surface area contributed by atoms with Gasteiger partial charge >= 0.3 is 0 Å². The van der Waals surface area contributed by atoms with E-state index in [1.807, 2.05) is 42.5 Å². The Labute approximate surface area is 237 Å². The maximum atomic E-state index is 13.7. The van der Waals surface area contributed by atoms with Gasteiger partial charge in [0, 0.05) is 46.2 Å². The minimum Gasteiger partial charge on any atom is -0.385 e. The molecule has 1 amide bonds. The number of hydrogen-bond donors (Lipinski definition) is 2. The van der Waals surface area contributed by atoms with Gasteiger partial charge in [0.2, 0.25) is 0 Å². The molecular formula is C31H26ClN3O4S. The Morgan fingerprint density at radius 3 is 2.35 bits per heavy atom. The third-order valence-corrected chi connectivity index (χ3v) is 9.26. The Morgan fingerprint density at radius 2 is 1.57 bits per heavy atom. The van der Waals surface area contributed by atoms with Crippen molar-refractivity contribution in [3.05, 3.63) is 113 Å². The zero-order valence-electron chi connectivity index (χ0n) is 21.4. The number of piperidine rings is 1. The number of hydrogen-bond acceptors (Lipinski definition) is 5. The number of likely N-dealkylation sites (tertiary alicyclic amines) is 1. The third-order valence-electron chi connectivity index (χ3n) is 7.54. The van der Waals surface area contributed by atoms with E-state index < -0.39 is 15.6 Å². The second-order valence-corrected chi connectivity index (χ2v) is 12.0. The monoisotopic (exact) mass is 571 g/mol. The molecule has 6 rings (SSSR count). The van der Waals surface area contributed by atoms with Gasteiger partial charge in [-0.3, -0.25) is 14.5 Å². The number of carbonyl (C=O) groups is 1. The van der Waals surface area contributed by atoms with E-state index in [-0.39, 0.29) is 10.8 Å². The molecule has 0 atom stereocenters. The zero-order chi connectivity index (χ0) is 27.9. The van der Waals surface area contributed by atoms with Crippen molar-refractivity contribution < 1.29 is 18.3 Å². The van der Waals surface area contributed by atoms with Crippen LogP contribution < -0.4 is 4.72 Å². The molecule has 1 aromatic heterocycles. The van der Waals surface area contributed by atoms with Crippen LogP contribution in [0, 0.1) is 0 Å². The molecular weight excluding hydrogens is 546 g/mol. The van der Waals surface area contributed by atoms with E-state index in [1.165, 1.54) is 6.07 Å². The van der Waals surface area contributed by atoms with E-state index in [0.717, 1.165) is 5.39 Å². The number of para-hydroxylation sites is 1. The molecule has 5 aromatic rings. The Morgan fingerprint density at radius 1 is 0.875 bits per heavy atom. The smallest absolute Gasteiger partial charge is 0.264 e. The van der Waals surface area contributed by atoms with Crippen LogP contribution in [0.2, 0.25) is 5.02 Å². The molecule has 0 radical (unpaired) electrons. The standard InChI is InChI=1S/C31H26ClN3O4S/c32-26-12-4-3-11-25(26)31(37)16-19-35(20-17-31)30(36)24-14-15-27(23-10-2-1-9-22(23)24)34-40(38,39)28-13-5-7-21-8-6-18-33-29(21)28/h1-15,18,34,37H,16-17,19-20H2. The first-order valence-electron chi connectivity index (χ1n) is 12.9. The number of fused-ring (bicyclic) bond motifs is 2. The summed E-state index contributed by atoms with van der Waals surface area (Å²) in [6.07, 6.45) is 2.28. The first kappa shape index (κ1) is 26.3. The van der Waals surface area contributed by atoms with E-state index in [0.29, 0.717) is 64.1 Å². The molecule has 0 spiro atoms. The van der Waals surface area contributed by atoms with Crippen molar-refractivity contribution in [3.8, 4) is 0 Å². The lowest BCUT2D eigenvalue weighted by Crippen LogP contribution is -2.45. The van der Waals surface area contributed by atoms with Gasteiger partial charge in [-0.1, -0.05) is 72.3 Å². The lowest BCUT2D eigenvalue weighted by molar-refractivity contribution is -0.0210. The molecule has 7 nitrogen and oxygen atoms in total. The predicted octanol–water partition coefficient (Wildman–Crippen LogP) is 5.97. The number of benzene rings is 4. The quantitative estimate of drug-likeness (QED) is 0.271. The Kier molecular flexibility index (Phi) is 6.70. The van der Waals surface area contributed by atoms with E-state index in [9.17, 15) is 18.3 Å². The molecule has 1 fully saturated rings. The van der Waals surface area contributed by atoms with Crippen LogP contribution in [0.25, 0.3) is 21.7 Å². The van der Waals surface area contributed by atoms with Crippen LogP contribution in [0.15, 0.2) is 102 Å². The molecule has 40 heavy (non-hydrogen) atoms. The number of carbonyl (C=O) groups excluding carboxylic acids is 1. The fourth-order valence-corrected chi connectivity index (χ4v) is 7.00. The van der Waals surface area contributed by atoms with E-state index in [2.05, 4.69) is 9.71 Å². The summed E-state index contributed by atoms with van der Waals surface area (Å²) in [7, 11) is -3.97. The van der Waals surface area contributed by atoms with Crippen molar-refractivity contribution in [3.63, 3.8) is 0 Å². The van der Waals surface area contributed by atoms with Gasteiger partial charge in [0.05, 0.1) is 16.8 Å². The van der Waals surface area contributed by atoms with Crippen LogP contribution in [0.1, 0.15) is 28.8 Å². The van der Waals surface area contributed by atoms with Crippen molar-refractivity contribution in [2.75, 3.05) is 17.8 Å². The number of rotatable bonds is 5. The highest BCUT2D eigenvalue weighted by molar-refractivity contribution is 7.93. The second-order valence-electron chi connectivity index (χ2n) is 9.95. The van der Waals surface area contributed by atoms with Crippen LogP contribution in [0.4, 0.5) is 5.69 Å². The first-order valence-corrected chi connectivity index (χ1v) is 14.8. The van der Waals surface area contributed by atoms with Gasteiger partial charge in [-0.25, -0.2) is 8.42 Å². The number of aromatic nitrogens is 1. The fourth-order valence-electron chi connectivity index (χ4n) is 5.43. The largest absolute Gasteiger partial charge is 0.385 e. The molecule has 2 N–H and O–H groups in total. The topological polar surface area (TPSA) is 99.6 Å². The molecule has 4 aromatic carbocycles. The molecule has 202 valence electrons. The van der Waals surface area contributed by atoms with Crippen LogP contribution in [-0.4, -0.2) is 42.4 Å².